The lowest BCUT2D eigenvalue weighted by Gasteiger charge is -2.39. The Morgan fingerprint density at radius 3 is 2.12 bits per heavy atom. The third-order valence-corrected chi connectivity index (χ3v) is 6.51. The van der Waals surface area contributed by atoms with Gasteiger partial charge in [-0.1, -0.05) is 47.0 Å². The monoisotopic (exact) mass is 356 g/mol. The van der Waals surface area contributed by atoms with Crippen molar-refractivity contribution in [3.63, 3.8) is 0 Å². The second-order valence-electron chi connectivity index (χ2n) is 8.17. The third-order valence-electron chi connectivity index (χ3n) is 6.51. The summed E-state index contributed by atoms with van der Waals surface area (Å²) in [5.41, 5.74) is -0.124. The summed E-state index contributed by atoms with van der Waals surface area (Å²) >= 11 is 0. The molecule has 2 heterocycles. The van der Waals surface area contributed by atoms with Gasteiger partial charge >= 0.3 is 0 Å². The highest BCUT2D eigenvalue weighted by Gasteiger charge is 2.41. The van der Waals surface area contributed by atoms with Crippen LogP contribution >= 0.6 is 0 Å². The highest BCUT2D eigenvalue weighted by atomic mass is 16.6. The second kappa shape index (κ2) is 10.2. The van der Waals surface area contributed by atoms with Gasteiger partial charge in [-0.3, -0.25) is 0 Å². The van der Waals surface area contributed by atoms with E-state index in [0.717, 1.165) is 64.8 Å². The summed E-state index contributed by atoms with van der Waals surface area (Å²) in [5, 5.41) is 11.1. The molecule has 0 aliphatic carbocycles. The highest BCUT2D eigenvalue weighted by molar-refractivity contribution is 4.90. The van der Waals surface area contributed by atoms with E-state index in [2.05, 4.69) is 27.7 Å². The van der Waals surface area contributed by atoms with Gasteiger partial charge in [-0.05, 0) is 31.6 Å². The molecule has 6 unspecified atom stereocenters. The summed E-state index contributed by atoms with van der Waals surface area (Å²) in [6.07, 6.45) is 7.79. The zero-order valence-corrected chi connectivity index (χ0v) is 16.8. The van der Waals surface area contributed by atoms with Crippen LogP contribution in [0.1, 0.15) is 72.6 Å². The van der Waals surface area contributed by atoms with Crippen molar-refractivity contribution in [3.8, 4) is 0 Å². The predicted molar refractivity (Wildman–Crippen MR) is 101 cm³/mol. The number of unbranched alkanes of at least 4 members (excludes halogenated alkanes) is 1. The van der Waals surface area contributed by atoms with Crippen LogP contribution in [-0.2, 0) is 14.2 Å². The van der Waals surface area contributed by atoms with E-state index in [0.29, 0.717) is 30.7 Å². The maximum absolute atomic E-state index is 11.1. The molecule has 1 N–H and O–H groups in total. The molecule has 2 rings (SSSR count). The molecular formula is C21H40O4. The summed E-state index contributed by atoms with van der Waals surface area (Å²) < 4.78 is 17.1. The molecule has 2 aliphatic heterocycles. The number of aliphatic hydroxyl groups is 1. The van der Waals surface area contributed by atoms with Gasteiger partial charge in [0.1, 0.15) is 0 Å². The van der Waals surface area contributed by atoms with Crippen LogP contribution in [0.3, 0.4) is 0 Å². The minimum Gasteiger partial charge on any atom is -0.392 e. The minimum absolute atomic E-state index is 0.124. The largest absolute Gasteiger partial charge is 0.392 e. The number of aliphatic hydroxyl groups excluding tert-OH is 1. The number of hydrogen-bond acceptors (Lipinski definition) is 4. The first-order valence-electron chi connectivity index (χ1n) is 10.6. The molecule has 4 heteroatoms. The molecule has 6 atom stereocenters. The maximum Gasteiger partial charge on any atom is 0.0859 e. The molecule has 2 fully saturated rings. The summed E-state index contributed by atoms with van der Waals surface area (Å²) in [7, 11) is 0. The van der Waals surface area contributed by atoms with E-state index in [1.165, 1.54) is 0 Å². The Balaban J connectivity index is 1.92. The van der Waals surface area contributed by atoms with E-state index in [1.54, 1.807) is 0 Å². The van der Waals surface area contributed by atoms with Crippen molar-refractivity contribution < 1.29 is 19.3 Å². The molecule has 0 spiro atoms. The van der Waals surface area contributed by atoms with Crippen molar-refractivity contribution >= 4 is 0 Å². The standard InChI is InChI=1S/C21H40O4/c1-5-9-10-21(8-4,15-23-12-17(7-3)19-14-25-19)20(22)11-16(6-2)18-13-24-18/h16-20,22H,5-15H2,1-4H3. The fourth-order valence-electron chi connectivity index (χ4n) is 4.05. The van der Waals surface area contributed by atoms with Gasteiger partial charge in [0.15, 0.2) is 0 Å². The zero-order chi connectivity index (χ0) is 18.3. The van der Waals surface area contributed by atoms with Gasteiger partial charge in [-0.25, -0.2) is 0 Å². The molecule has 2 aliphatic rings. The molecule has 0 radical (unpaired) electrons. The SMILES string of the molecule is CCCCC(CC)(COCC(CC)C1CO1)C(O)CC(CC)C1CO1. The van der Waals surface area contributed by atoms with E-state index < -0.39 is 0 Å². The van der Waals surface area contributed by atoms with Crippen LogP contribution in [0.15, 0.2) is 0 Å². The lowest BCUT2D eigenvalue weighted by molar-refractivity contribution is -0.0718. The smallest absolute Gasteiger partial charge is 0.0859 e. The molecule has 4 nitrogen and oxygen atoms in total. The van der Waals surface area contributed by atoms with Crippen molar-refractivity contribution in [2.24, 2.45) is 17.3 Å². The topological polar surface area (TPSA) is 54.5 Å². The fourth-order valence-corrected chi connectivity index (χ4v) is 4.05. The first-order chi connectivity index (χ1) is 12.1. The number of rotatable bonds is 15. The van der Waals surface area contributed by atoms with Crippen LogP contribution in [-0.4, -0.2) is 49.8 Å². The van der Waals surface area contributed by atoms with Crippen molar-refractivity contribution in [2.75, 3.05) is 26.4 Å². The Bertz CT molecular complexity index is 367. The Labute approximate surface area is 154 Å². The average Bonchev–Trinajstić information content (AvgIpc) is 3.51. The van der Waals surface area contributed by atoms with E-state index in [4.69, 9.17) is 14.2 Å². The van der Waals surface area contributed by atoms with Crippen LogP contribution in [0.2, 0.25) is 0 Å². The molecular weight excluding hydrogens is 316 g/mol. The van der Waals surface area contributed by atoms with Crippen LogP contribution in [0, 0.1) is 17.3 Å². The summed E-state index contributed by atoms with van der Waals surface area (Å²) in [5.74, 6) is 0.979. The summed E-state index contributed by atoms with van der Waals surface area (Å²) in [6.45, 7) is 12.0. The van der Waals surface area contributed by atoms with E-state index in [-0.39, 0.29) is 11.5 Å². The van der Waals surface area contributed by atoms with Crippen molar-refractivity contribution in [3.05, 3.63) is 0 Å². The minimum atomic E-state index is -0.310. The normalized spacial score (nSPS) is 28.2. The second-order valence-corrected chi connectivity index (χ2v) is 8.17. The van der Waals surface area contributed by atoms with Gasteiger partial charge in [-0.15, -0.1) is 0 Å². The van der Waals surface area contributed by atoms with Gasteiger partial charge in [0, 0.05) is 11.3 Å². The molecule has 0 bridgehead atoms. The van der Waals surface area contributed by atoms with Gasteiger partial charge in [-0.2, -0.15) is 0 Å². The van der Waals surface area contributed by atoms with Crippen molar-refractivity contribution in [2.45, 2.75) is 91.0 Å². The van der Waals surface area contributed by atoms with Gasteiger partial charge in [0.25, 0.3) is 0 Å². The van der Waals surface area contributed by atoms with Crippen molar-refractivity contribution in [1.82, 2.24) is 0 Å². The first kappa shape index (κ1) is 21.1. The quantitative estimate of drug-likeness (QED) is 0.447. The van der Waals surface area contributed by atoms with Crippen LogP contribution in [0.25, 0.3) is 0 Å². The lowest BCUT2D eigenvalue weighted by atomic mass is 9.72. The van der Waals surface area contributed by atoms with E-state index >= 15 is 0 Å². The third kappa shape index (κ3) is 6.20. The first-order valence-corrected chi connectivity index (χ1v) is 10.6. The average molecular weight is 357 g/mol. The Kier molecular flexibility index (Phi) is 8.67. The number of hydrogen-bond donors (Lipinski definition) is 1. The van der Waals surface area contributed by atoms with Gasteiger partial charge in [0.2, 0.25) is 0 Å². The van der Waals surface area contributed by atoms with Crippen LogP contribution in [0.5, 0.6) is 0 Å². The fraction of sp³-hybridized carbons (Fsp3) is 1.00. The molecule has 148 valence electrons. The summed E-state index contributed by atoms with van der Waals surface area (Å²) in [4.78, 5) is 0. The highest BCUT2D eigenvalue weighted by Crippen LogP contribution is 2.39. The van der Waals surface area contributed by atoms with Crippen LogP contribution in [0.4, 0.5) is 0 Å². The van der Waals surface area contributed by atoms with E-state index in [9.17, 15) is 5.11 Å². The maximum atomic E-state index is 11.1. The molecule has 0 aromatic carbocycles. The molecule has 25 heavy (non-hydrogen) atoms. The molecule has 0 aromatic rings. The number of epoxide rings is 2. The molecule has 0 aromatic heterocycles. The molecule has 2 saturated heterocycles. The Morgan fingerprint density at radius 1 is 1.04 bits per heavy atom. The summed E-state index contributed by atoms with van der Waals surface area (Å²) in [6, 6.07) is 0. The van der Waals surface area contributed by atoms with Gasteiger partial charge < -0.3 is 19.3 Å². The Morgan fingerprint density at radius 2 is 1.64 bits per heavy atom. The molecule has 0 amide bonds. The van der Waals surface area contributed by atoms with Crippen molar-refractivity contribution in [1.29, 1.82) is 0 Å². The predicted octanol–water partition coefficient (Wildman–Crippen LogP) is 4.19. The molecule has 0 saturated carbocycles. The zero-order valence-electron chi connectivity index (χ0n) is 16.8. The lowest BCUT2D eigenvalue weighted by Crippen LogP contribution is -2.41. The van der Waals surface area contributed by atoms with E-state index in [1.807, 2.05) is 0 Å². The van der Waals surface area contributed by atoms with Crippen LogP contribution < -0.4 is 0 Å². The Hall–Kier alpha value is -0.160. The number of ether oxygens (including phenoxy) is 3. The van der Waals surface area contributed by atoms with Gasteiger partial charge in [0.05, 0.1) is 44.7 Å².